The van der Waals surface area contributed by atoms with Gasteiger partial charge in [0.2, 0.25) is 5.78 Å². The highest BCUT2D eigenvalue weighted by molar-refractivity contribution is 6.21. The third-order valence-corrected chi connectivity index (χ3v) is 5.75. The van der Waals surface area contributed by atoms with Crippen LogP contribution in [0.25, 0.3) is 16.4 Å². The third kappa shape index (κ3) is 3.64. The first kappa shape index (κ1) is 21.8. The number of carbonyl (C=O) groups is 1. The summed E-state index contributed by atoms with van der Waals surface area (Å²) < 4.78 is 8.16. The molecule has 0 bridgehead atoms. The largest absolute Gasteiger partial charge is 0.497 e. The van der Waals surface area contributed by atoms with Crippen LogP contribution in [0.2, 0.25) is 0 Å². The molecular weight excluding hydrogens is 454 g/mol. The number of non-ortho nitro benzene ring substituents is 2. The second-order valence-corrected chi connectivity index (χ2v) is 7.78. The van der Waals surface area contributed by atoms with Crippen molar-refractivity contribution in [2.45, 2.75) is 6.54 Å². The predicted molar refractivity (Wildman–Crippen MR) is 126 cm³/mol. The quantitative estimate of drug-likeness (QED) is 0.195. The van der Waals surface area contributed by atoms with E-state index < -0.39 is 27.0 Å². The number of nitro groups is 2. The Labute approximate surface area is 197 Å². The summed E-state index contributed by atoms with van der Waals surface area (Å²) in [7, 11) is 1.50. The molecule has 0 saturated heterocycles. The van der Waals surface area contributed by atoms with Crippen molar-refractivity contribution in [1.82, 2.24) is 14.2 Å². The molecule has 5 aromatic rings. The highest BCUT2D eigenvalue weighted by Crippen LogP contribution is 2.38. The summed E-state index contributed by atoms with van der Waals surface area (Å²) in [6.07, 6.45) is 1.39. The first-order valence-corrected chi connectivity index (χ1v) is 10.4. The second kappa shape index (κ2) is 8.37. The molecule has 11 nitrogen and oxygen atoms in total. The zero-order chi connectivity index (χ0) is 24.7. The van der Waals surface area contributed by atoms with Gasteiger partial charge < -0.3 is 4.74 Å². The van der Waals surface area contributed by atoms with Gasteiger partial charge in [-0.2, -0.15) is 5.10 Å². The summed E-state index contributed by atoms with van der Waals surface area (Å²) in [6, 6.07) is 17.8. The first-order chi connectivity index (χ1) is 16.9. The van der Waals surface area contributed by atoms with E-state index in [9.17, 15) is 25.0 Å². The van der Waals surface area contributed by atoms with Crippen LogP contribution in [0.1, 0.15) is 21.6 Å². The molecule has 2 heterocycles. The van der Waals surface area contributed by atoms with Gasteiger partial charge in [-0.1, -0.05) is 30.3 Å². The SMILES string of the molecule is COc1ccc(C(=O)c2c3c([N+](=O)[O-])cc([N+](=O)[O-])cc3c3n(Cc4ccccc4)ncn23)cc1. The molecule has 0 N–H and O–H groups in total. The third-order valence-electron chi connectivity index (χ3n) is 5.75. The number of hydrogen-bond donors (Lipinski definition) is 0. The fraction of sp³-hybridized carbons (Fsp3) is 0.0833. The number of nitrogens with zero attached hydrogens (tertiary/aromatic N) is 5. The van der Waals surface area contributed by atoms with Gasteiger partial charge in [0, 0.05) is 17.0 Å². The summed E-state index contributed by atoms with van der Waals surface area (Å²) in [5, 5.41) is 28.1. The van der Waals surface area contributed by atoms with Crippen LogP contribution in [0, 0.1) is 20.2 Å². The van der Waals surface area contributed by atoms with Crippen LogP contribution in [0.15, 0.2) is 73.1 Å². The summed E-state index contributed by atoms with van der Waals surface area (Å²) in [5.41, 5.74) is 0.535. The minimum Gasteiger partial charge on any atom is -0.497 e. The molecule has 0 spiro atoms. The minimum absolute atomic E-state index is 0.000997. The summed E-state index contributed by atoms with van der Waals surface area (Å²) in [5.74, 6) is 0.0536. The zero-order valence-corrected chi connectivity index (χ0v) is 18.3. The summed E-state index contributed by atoms with van der Waals surface area (Å²) >= 11 is 0. The number of ether oxygens (including phenoxy) is 1. The molecule has 0 aliphatic heterocycles. The molecule has 0 amide bonds. The molecule has 3 aromatic carbocycles. The van der Waals surface area contributed by atoms with Crippen molar-refractivity contribution in [2.24, 2.45) is 0 Å². The average molecular weight is 471 g/mol. The number of carbonyl (C=O) groups excluding carboxylic acids is 1. The molecule has 5 rings (SSSR count). The molecule has 0 aliphatic rings. The normalized spacial score (nSPS) is 11.1. The molecule has 0 atom stereocenters. The van der Waals surface area contributed by atoms with Crippen LogP contribution in [0.4, 0.5) is 11.4 Å². The Morgan fingerprint density at radius 3 is 2.34 bits per heavy atom. The number of ketones is 1. The Morgan fingerprint density at radius 2 is 1.71 bits per heavy atom. The summed E-state index contributed by atoms with van der Waals surface area (Å²) in [6.45, 7) is 0.295. The van der Waals surface area contributed by atoms with Crippen LogP contribution in [-0.2, 0) is 6.54 Å². The highest BCUT2D eigenvalue weighted by Gasteiger charge is 2.31. The Hall–Kier alpha value is -5.06. The van der Waals surface area contributed by atoms with Gasteiger partial charge in [0.1, 0.15) is 23.4 Å². The van der Waals surface area contributed by atoms with Gasteiger partial charge in [0.25, 0.3) is 11.4 Å². The maximum atomic E-state index is 13.6. The lowest BCUT2D eigenvalue weighted by Crippen LogP contribution is -2.06. The van der Waals surface area contributed by atoms with Gasteiger partial charge in [-0.15, -0.1) is 0 Å². The number of nitro benzene ring substituents is 2. The van der Waals surface area contributed by atoms with Crippen molar-refractivity contribution in [3.05, 3.63) is 110 Å². The van der Waals surface area contributed by atoms with E-state index in [0.29, 0.717) is 17.9 Å². The topological polar surface area (TPSA) is 135 Å². The lowest BCUT2D eigenvalue weighted by molar-refractivity contribution is -0.393. The first-order valence-electron chi connectivity index (χ1n) is 10.4. The van der Waals surface area contributed by atoms with Gasteiger partial charge in [0.15, 0.2) is 0 Å². The molecule has 0 unspecified atom stereocenters. The number of hydrogen-bond acceptors (Lipinski definition) is 7. The minimum atomic E-state index is -0.714. The molecular formula is C24H17N5O6. The zero-order valence-electron chi connectivity index (χ0n) is 18.3. The molecule has 0 saturated carbocycles. The average Bonchev–Trinajstić information content (AvgIpc) is 3.42. The van der Waals surface area contributed by atoms with E-state index in [1.165, 1.54) is 23.9 Å². The Morgan fingerprint density at radius 1 is 1.00 bits per heavy atom. The molecule has 0 radical (unpaired) electrons. The number of rotatable bonds is 7. The highest BCUT2D eigenvalue weighted by atomic mass is 16.6. The molecule has 2 aromatic heterocycles. The number of benzene rings is 3. The summed E-state index contributed by atoms with van der Waals surface area (Å²) in [4.78, 5) is 35.8. The fourth-order valence-electron chi connectivity index (χ4n) is 4.16. The Balaban J connectivity index is 1.83. The standard InChI is InChI=1S/C24H17N5O6/c1-35-18-9-7-16(8-10-18)23(30)22-21-19(11-17(28(31)32)12-20(21)29(33)34)24-26(22)14-25-27(24)13-15-5-3-2-4-6-15/h2-12,14H,13H2,1H3. The van der Waals surface area contributed by atoms with E-state index in [0.717, 1.165) is 11.6 Å². The van der Waals surface area contributed by atoms with E-state index in [-0.39, 0.29) is 22.0 Å². The van der Waals surface area contributed by atoms with Gasteiger partial charge in [-0.25, -0.2) is 4.68 Å². The van der Waals surface area contributed by atoms with Crippen LogP contribution < -0.4 is 4.74 Å². The van der Waals surface area contributed by atoms with Gasteiger partial charge >= 0.3 is 0 Å². The predicted octanol–water partition coefficient (Wildman–Crippen LogP) is 4.39. The maximum Gasteiger partial charge on any atom is 0.286 e. The van der Waals surface area contributed by atoms with Gasteiger partial charge in [-0.3, -0.25) is 29.4 Å². The van der Waals surface area contributed by atoms with Crippen molar-refractivity contribution in [2.75, 3.05) is 7.11 Å². The van der Waals surface area contributed by atoms with Crippen LogP contribution in [0.5, 0.6) is 5.75 Å². The van der Waals surface area contributed by atoms with E-state index in [2.05, 4.69) is 5.10 Å². The smallest absolute Gasteiger partial charge is 0.286 e. The molecule has 174 valence electrons. The molecule has 0 fully saturated rings. The number of aromatic nitrogens is 3. The van der Waals surface area contributed by atoms with Gasteiger partial charge in [0.05, 0.1) is 35.0 Å². The molecule has 11 heteroatoms. The molecule has 0 aliphatic carbocycles. The van der Waals surface area contributed by atoms with Crippen molar-refractivity contribution in [1.29, 1.82) is 0 Å². The number of fused-ring (bicyclic) bond motifs is 3. The van der Waals surface area contributed by atoms with Crippen molar-refractivity contribution in [3.8, 4) is 5.75 Å². The fourth-order valence-corrected chi connectivity index (χ4v) is 4.16. The van der Waals surface area contributed by atoms with Crippen molar-refractivity contribution >= 4 is 33.6 Å². The van der Waals surface area contributed by atoms with E-state index >= 15 is 0 Å². The van der Waals surface area contributed by atoms with Crippen LogP contribution in [-0.4, -0.2) is 36.9 Å². The van der Waals surface area contributed by atoms with E-state index in [1.54, 1.807) is 28.9 Å². The van der Waals surface area contributed by atoms with Crippen LogP contribution in [0.3, 0.4) is 0 Å². The maximum absolute atomic E-state index is 13.6. The van der Waals surface area contributed by atoms with Crippen molar-refractivity contribution in [3.63, 3.8) is 0 Å². The van der Waals surface area contributed by atoms with Gasteiger partial charge in [-0.05, 0) is 29.8 Å². The lowest BCUT2D eigenvalue weighted by Gasteiger charge is -2.04. The second-order valence-electron chi connectivity index (χ2n) is 7.78. The Bertz CT molecular complexity index is 1620. The van der Waals surface area contributed by atoms with E-state index in [4.69, 9.17) is 4.74 Å². The lowest BCUT2D eigenvalue weighted by atomic mass is 10.0. The number of methoxy groups -OCH3 is 1. The van der Waals surface area contributed by atoms with E-state index in [1.807, 2.05) is 30.3 Å². The monoisotopic (exact) mass is 471 g/mol. The van der Waals surface area contributed by atoms with Crippen LogP contribution >= 0.6 is 0 Å². The van der Waals surface area contributed by atoms with Crippen molar-refractivity contribution < 1.29 is 19.4 Å². The Kier molecular flexibility index (Phi) is 5.21. The molecule has 35 heavy (non-hydrogen) atoms.